The Morgan fingerprint density at radius 3 is 2.48 bits per heavy atom. The Hall–Kier alpha value is -3.30. The number of rotatable bonds is 6. The van der Waals surface area contributed by atoms with Crippen LogP contribution in [-0.4, -0.2) is 73.1 Å². The summed E-state index contributed by atoms with van der Waals surface area (Å²) in [6, 6.07) is 8.32. The molecule has 4 rings (SSSR count). The molecule has 2 heterocycles. The molecule has 1 unspecified atom stereocenters. The molecular weight excluding hydrogens is 434 g/mol. The largest absolute Gasteiger partial charge is 0.507 e. The minimum absolute atomic E-state index is 0.0131. The average Bonchev–Trinajstić information content (AvgIpc) is 3.08. The first-order valence-corrected chi connectivity index (χ1v) is 10.6. The lowest BCUT2D eigenvalue weighted by Crippen LogP contribution is -2.42. The van der Waals surface area contributed by atoms with Crippen LogP contribution in [-0.2, 0) is 14.3 Å². The zero-order valence-electron chi connectivity index (χ0n) is 18.1. The maximum Gasteiger partial charge on any atom is 0.295 e. The predicted molar refractivity (Wildman–Crippen MR) is 116 cm³/mol. The van der Waals surface area contributed by atoms with E-state index in [1.54, 1.807) is 6.07 Å². The molecule has 0 aromatic heterocycles. The summed E-state index contributed by atoms with van der Waals surface area (Å²) in [5, 5.41) is 11.0. The van der Waals surface area contributed by atoms with Crippen LogP contribution in [0, 0.1) is 11.6 Å². The van der Waals surface area contributed by atoms with Crippen molar-refractivity contribution in [1.82, 2.24) is 9.80 Å². The Kier molecular flexibility index (Phi) is 6.71. The van der Waals surface area contributed by atoms with Crippen molar-refractivity contribution in [2.75, 3.05) is 46.5 Å². The van der Waals surface area contributed by atoms with Crippen LogP contribution < -0.4 is 4.74 Å². The van der Waals surface area contributed by atoms with Crippen LogP contribution >= 0.6 is 0 Å². The number of carbonyl (C=O) groups excluding carboxylic acids is 2. The number of morpholine rings is 1. The number of amides is 1. The maximum atomic E-state index is 14.8. The number of aliphatic hydroxyl groups excluding tert-OH is 1. The molecule has 2 saturated heterocycles. The molecule has 33 heavy (non-hydrogen) atoms. The van der Waals surface area contributed by atoms with Crippen LogP contribution in [0.15, 0.2) is 48.0 Å². The maximum absolute atomic E-state index is 14.8. The van der Waals surface area contributed by atoms with Crippen LogP contribution in [0.2, 0.25) is 0 Å². The lowest BCUT2D eigenvalue weighted by atomic mass is 9.95. The average molecular weight is 458 g/mol. The van der Waals surface area contributed by atoms with Gasteiger partial charge in [0.25, 0.3) is 11.7 Å². The number of carbonyl (C=O) groups is 2. The Labute approximate surface area is 189 Å². The van der Waals surface area contributed by atoms with E-state index in [9.17, 15) is 23.5 Å². The fourth-order valence-electron chi connectivity index (χ4n) is 4.17. The van der Waals surface area contributed by atoms with Crippen molar-refractivity contribution >= 4 is 17.4 Å². The monoisotopic (exact) mass is 458 g/mol. The molecule has 1 atom stereocenters. The molecule has 0 aliphatic carbocycles. The highest BCUT2D eigenvalue weighted by Gasteiger charge is 2.47. The molecule has 2 aromatic rings. The third-order valence-corrected chi connectivity index (χ3v) is 5.93. The molecule has 0 bridgehead atoms. The number of aliphatic hydroxyl groups is 1. The molecule has 0 spiro atoms. The van der Waals surface area contributed by atoms with Gasteiger partial charge < -0.3 is 19.5 Å². The highest BCUT2D eigenvalue weighted by molar-refractivity contribution is 6.46. The van der Waals surface area contributed by atoms with E-state index in [0.717, 1.165) is 6.07 Å². The minimum Gasteiger partial charge on any atom is -0.507 e. The lowest BCUT2D eigenvalue weighted by molar-refractivity contribution is -0.140. The quantitative estimate of drug-likeness (QED) is 0.408. The fourth-order valence-corrected chi connectivity index (χ4v) is 4.17. The minimum atomic E-state index is -1.14. The second kappa shape index (κ2) is 9.68. The van der Waals surface area contributed by atoms with Gasteiger partial charge in [-0.05, 0) is 24.3 Å². The van der Waals surface area contributed by atoms with E-state index >= 15 is 0 Å². The summed E-state index contributed by atoms with van der Waals surface area (Å²) >= 11 is 0. The molecule has 0 saturated carbocycles. The van der Waals surface area contributed by atoms with Gasteiger partial charge in [-0.15, -0.1) is 0 Å². The Morgan fingerprint density at radius 1 is 1.09 bits per heavy atom. The second-order valence-electron chi connectivity index (χ2n) is 7.82. The highest BCUT2D eigenvalue weighted by Crippen LogP contribution is 2.40. The van der Waals surface area contributed by atoms with E-state index in [4.69, 9.17) is 9.47 Å². The van der Waals surface area contributed by atoms with Gasteiger partial charge in [0.15, 0.2) is 11.6 Å². The van der Waals surface area contributed by atoms with Gasteiger partial charge in [-0.2, -0.15) is 0 Å². The Morgan fingerprint density at radius 2 is 1.82 bits per heavy atom. The van der Waals surface area contributed by atoms with E-state index in [0.29, 0.717) is 32.8 Å². The van der Waals surface area contributed by atoms with Crippen molar-refractivity contribution in [3.63, 3.8) is 0 Å². The van der Waals surface area contributed by atoms with E-state index in [2.05, 4.69) is 4.90 Å². The van der Waals surface area contributed by atoms with Gasteiger partial charge >= 0.3 is 0 Å². The SMILES string of the molecule is COc1ccc(/C(O)=C2\C(=O)C(=O)N(CCN3CCOCC3)C2c2ccccc2F)cc1F. The number of benzene rings is 2. The van der Waals surface area contributed by atoms with Gasteiger partial charge in [0.1, 0.15) is 11.6 Å². The smallest absolute Gasteiger partial charge is 0.295 e. The third-order valence-electron chi connectivity index (χ3n) is 5.93. The van der Waals surface area contributed by atoms with Gasteiger partial charge in [0, 0.05) is 37.3 Å². The number of nitrogens with zero attached hydrogens (tertiary/aromatic N) is 2. The summed E-state index contributed by atoms with van der Waals surface area (Å²) < 4.78 is 39.3. The number of hydrogen-bond donors (Lipinski definition) is 1. The number of hydrogen-bond acceptors (Lipinski definition) is 6. The van der Waals surface area contributed by atoms with Crippen molar-refractivity contribution in [3.8, 4) is 5.75 Å². The third kappa shape index (κ3) is 4.46. The molecular formula is C24H24F2N2O5. The molecule has 2 aliphatic rings. The van der Waals surface area contributed by atoms with Crippen molar-refractivity contribution in [2.24, 2.45) is 0 Å². The van der Waals surface area contributed by atoms with Crippen LogP contribution in [0.5, 0.6) is 5.75 Å². The molecule has 7 nitrogen and oxygen atoms in total. The summed E-state index contributed by atoms with van der Waals surface area (Å²) in [5.41, 5.74) is -0.216. The fraction of sp³-hybridized carbons (Fsp3) is 0.333. The highest BCUT2D eigenvalue weighted by atomic mass is 19.1. The van der Waals surface area contributed by atoms with Crippen LogP contribution in [0.1, 0.15) is 17.2 Å². The first-order chi connectivity index (χ1) is 15.9. The van der Waals surface area contributed by atoms with E-state index < -0.39 is 35.1 Å². The van der Waals surface area contributed by atoms with Gasteiger partial charge in [-0.25, -0.2) is 8.78 Å². The van der Waals surface area contributed by atoms with Crippen LogP contribution in [0.25, 0.3) is 5.76 Å². The van der Waals surface area contributed by atoms with Crippen molar-refractivity contribution in [3.05, 3.63) is 70.8 Å². The first-order valence-electron chi connectivity index (χ1n) is 10.6. The molecule has 2 aromatic carbocycles. The zero-order chi connectivity index (χ0) is 23.5. The first kappa shape index (κ1) is 22.9. The second-order valence-corrected chi connectivity index (χ2v) is 7.82. The van der Waals surface area contributed by atoms with Crippen molar-refractivity contribution in [2.45, 2.75) is 6.04 Å². The molecule has 1 amide bonds. The lowest BCUT2D eigenvalue weighted by Gasteiger charge is -2.31. The zero-order valence-corrected chi connectivity index (χ0v) is 18.1. The van der Waals surface area contributed by atoms with E-state index in [1.165, 1.54) is 42.3 Å². The number of Topliss-reactive ketones (excluding diaryl/α,β-unsaturated/α-hetero) is 1. The number of ketones is 1. The molecule has 174 valence electrons. The number of methoxy groups -OCH3 is 1. The normalized spacial score (nSPS) is 20.9. The summed E-state index contributed by atoms with van der Waals surface area (Å²) in [5.74, 6) is -3.76. The molecule has 0 radical (unpaired) electrons. The topological polar surface area (TPSA) is 79.3 Å². The van der Waals surface area contributed by atoms with Gasteiger partial charge in [-0.1, -0.05) is 18.2 Å². The van der Waals surface area contributed by atoms with Crippen LogP contribution in [0.3, 0.4) is 0 Å². The van der Waals surface area contributed by atoms with E-state index in [-0.39, 0.29) is 29.0 Å². The Bertz CT molecular complexity index is 1100. The predicted octanol–water partition coefficient (Wildman–Crippen LogP) is 2.73. The summed E-state index contributed by atoms with van der Waals surface area (Å²) in [6.07, 6.45) is 0. The molecule has 9 heteroatoms. The molecule has 2 fully saturated rings. The van der Waals surface area contributed by atoms with Gasteiger partial charge in [0.2, 0.25) is 0 Å². The van der Waals surface area contributed by atoms with E-state index in [1.807, 2.05) is 0 Å². The molecule has 1 N–H and O–H groups in total. The standard InChI is InChI=1S/C24H24F2N2O5/c1-32-19-7-6-15(14-18(19)26)22(29)20-21(16-4-2-3-5-17(16)25)28(24(31)23(20)30)9-8-27-10-12-33-13-11-27/h2-7,14,21,29H,8-13H2,1H3/b22-20+. The van der Waals surface area contributed by atoms with Gasteiger partial charge in [-0.3, -0.25) is 14.5 Å². The number of ether oxygens (including phenoxy) is 2. The number of likely N-dealkylation sites (tertiary alicyclic amines) is 1. The number of halogens is 2. The van der Waals surface area contributed by atoms with Gasteiger partial charge in [0.05, 0.1) is 31.9 Å². The van der Waals surface area contributed by atoms with Crippen molar-refractivity contribution in [1.29, 1.82) is 0 Å². The molecule has 2 aliphatic heterocycles. The summed E-state index contributed by atoms with van der Waals surface area (Å²) in [7, 11) is 1.30. The van der Waals surface area contributed by atoms with Crippen molar-refractivity contribution < 1.29 is 33.0 Å². The summed E-state index contributed by atoms with van der Waals surface area (Å²) in [6.45, 7) is 3.10. The van der Waals surface area contributed by atoms with Crippen LogP contribution in [0.4, 0.5) is 8.78 Å². The summed E-state index contributed by atoms with van der Waals surface area (Å²) in [4.78, 5) is 29.3. The Balaban J connectivity index is 1.76.